The van der Waals surface area contributed by atoms with E-state index in [-0.39, 0.29) is 18.1 Å². The molecule has 24 heavy (non-hydrogen) atoms. The van der Waals surface area contributed by atoms with Crippen molar-refractivity contribution in [3.05, 3.63) is 47.0 Å². The van der Waals surface area contributed by atoms with Crippen molar-refractivity contribution in [3.8, 4) is 0 Å². The summed E-state index contributed by atoms with van der Waals surface area (Å²) in [5.41, 5.74) is 1.97. The van der Waals surface area contributed by atoms with E-state index >= 15 is 0 Å². The molecule has 0 radical (unpaired) electrons. The zero-order valence-corrected chi connectivity index (χ0v) is 13.8. The zero-order valence-electron chi connectivity index (χ0n) is 13.8. The Labute approximate surface area is 139 Å². The third kappa shape index (κ3) is 3.02. The first-order valence-corrected chi connectivity index (χ1v) is 7.99. The molecule has 1 aliphatic heterocycles. The highest BCUT2D eigenvalue weighted by Gasteiger charge is 2.30. The molecule has 7 heteroatoms. The monoisotopic (exact) mass is 328 g/mol. The van der Waals surface area contributed by atoms with Crippen LogP contribution in [0.1, 0.15) is 46.1 Å². The molecule has 2 aromatic heterocycles. The molecule has 0 aliphatic carbocycles. The lowest BCUT2D eigenvalue weighted by atomic mass is 10.0. The molecule has 1 amide bonds. The Kier molecular flexibility index (Phi) is 4.33. The van der Waals surface area contributed by atoms with Crippen LogP contribution in [0.4, 0.5) is 0 Å². The molecule has 2 aromatic rings. The molecule has 0 aromatic carbocycles. The molecule has 0 saturated heterocycles. The Morgan fingerprint density at radius 3 is 2.75 bits per heavy atom. The van der Waals surface area contributed by atoms with Gasteiger partial charge in [0.2, 0.25) is 0 Å². The van der Waals surface area contributed by atoms with Gasteiger partial charge in [0.15, 0.2) is 5.69 Å². The second-order valence-electron chi connectivity index (χ2n) is 6.35. The number of hydrogen-bond donors (Lipinski definition) is 1. The van der Waals surface area contributed by atoms with Gasteiger partial charge in [-0.25, -0.2) is 4.79 Å². The molecule has 0 fully saturated rings. The number of carbonyl (C=O) groups excluding carboxylic acids is 1. The molecule has 0 bridgehead atoms. The topological polar surface area (TPSA) is 88.3 Å². The number of rotatable bonds is 4. The lowest BCUT2D eigenvalue weighted by Crippen LogP contribution is -2.37. The van der Waals surface area contributed by atoms with Gasteiger partial charge < -0.3 is 10.0 Å². The van der Waals surface area contributed by atoms with E-state index in [0.717, 1.165) is 5.69 Å². The van der Waals surface area contributed by atoms with E-state index in [9.17, 15) is 14.7 Å². The standard InChI is InChI=1S/C17H20N4O3/c1-11(2)9-21-14-6-8-20(10-12(14)15(19-21)17(23)24)16(22)13-5-3-4-7-18-13/h3-5,7,11H,6,8-10H2,1-2H3,(H,23,24). The van der Waals surface area contributed by atoms with Crippen LogP contribution in [0.5, 0.6) is 0 Å². The number of carboxylic acids is 1. The van der Waals surface area contributed by atoms with Gasteiger partial charge in [-0.3, -0.25) is 14.5 Å². The van der Waals surface area contributed by atoms with E-state index in [4.69, 9.17) is 0 Å². The van der Waals surface area contributed by atoms with Crippen LogP contribution in [0.15, 0.2) is 24.4 Å². The SMILES string of the molecule is CC(C)Cn1nc(C(=O)O)c2c1CCN(C(=O)c1ccccn1)C2. The largest absolute Gasteiger partial charge is 0.476 e. The third-order valence-electron chi connectivity index (χ3n) is 4.05. The minimum atomic E-state index is -1.05. The highest BCUT2D eigenvalue weighted by molar-refractivity contribution is 5.93. The summed E-state index contributed by atoms with van der Waals surface area (Å²) in [6, 6.07) is 5.18. The second kappa shape index (κ2) is 6.43. The minimum Gasteiger partial charge on any atom is -0.476 e. The summed E-state index contributed by atoms with van der Waals surface area (Å²) in [4.78, 5) is 29.8. The van der Waals surface area contributed by atoms with Gasteiger partial charge in [-0.05, 0) is 18.1 Å². The summed E-state index contributed by atoms with van der Waals surface area (Å²) >= 11 is 0. The highest BCUT2D eigenvalue weighted by atomic mass is 16.4. The predicted octanol–water partition coefficient (Wildman–Crippen LogP) is 1.83. The number of nitrogens with zero attached hydrogens (tertiary/aromatic N) is 4. The Bertz CT molecular complexity index is 768. The highest BCUT2D eigenvalue weighted by Crippen LogP contribution is 2.24. The summed E-state index contributed by atoms with van der Waals surface area (Å²) in [6.07, 6.45) is 2.17. The number of aromatic carboxylic acids is 1. The van der Waals surface area contributed by atoms with E-state index in [1.54, 1.807) is 34.0 Å². The number of carboxylic acid groups (broad SMARTS) is 1. The van der Waals surface area contributed by atoms with Crippen molar-refractivity contribution in [3.63, 3.8) is 0 Å². The second-order valence-corrected chi connectivity index (χ2v) is 6.35. The van der Waals surface area contributed by atoms with Gasteiger partial charge in [0.05, 0.1) is 6.54 Å². The van der Waals surface area contributed by atoms with Crippen molar-refractivity contribution in [2.45, 2.75) is 33.4 Å². The molecular weight excluding hydrogens is 308 g/mol. The fourth-order valence-corrected chi connectivity index (χ4v) is 2.98. The zero-order chi connectivity index (χ0) is 17.3. The molecule has 0 unspecified atom stereocenters. The summed E-state index contributed by atoms with van der Waals surface area (Å²) < 4.78 is 1.78. The predicted molar refractivity (Wildman–Crippen MR) is 86.7 cm³/mol. The fourth-order valence-electron chi connectivity index (χ4n) is 2.98. The molecular formula is C17H20N4O3. The van der Waals surface area contributed by atoms with Crippen LogP contribution in [0, 0.1) is 5.92 Å². The van der Waals surface area contributed by atoms with Crippen molar-refractivity contribution in [2.24, 2.45) is 5.92 Å². The van der Waals surface area contributed by atoms with Gasteiger partial charge in [-0.1, -0.05) is 19.9 Å². The van der Waals surface area contributed by atoms with E-state index in [2.05, 4.69) is 23.9 Å². The third-order valence-corrected chi connectivity index (χ3v) is 4.05. The van der Waals surface area contributed by atoms with Crippen molar-refractivity contribution >= 4 is 11.9 Å². The van der Waals surface area contributed by atoms with Crippen molar-refractivity contribution < 1.29 is 14.7 Å². The number of amides is 1. The van der Waals surface area contributed by atoms with Crippen molar-refractivity contribution in [1.29, 1.82) is 0 Å². The molecule has 7 nitrogen and oxygen atoms in total. The van der Waals surface area contributed by atoms with Crippen LogP contribution in [-0.4, -0.2) is 43.2 Å². The summed E-state index contributed by atoms with van der Waals surface area (Å²) in [5, 5.41) is 13.7. The molecule has 0 spiro atoms. The Balaban J connectivity index is 1.91. The Morgan fingerprint density at radius 2 is 2.12 bits per heavy atom. The lowest BCUT2D eigenvalue weighted by molar-refractivity contribution is 0.0673. The van der Waals surface area contributed by atoms with Gasteiger partial charge in [0.1, 0.15) is 5.69 Å². The van der Waals surface area contributed by atoms with Crippen LogP contribution in [0.2, 0.25) is 0 Å². The number of hydrogen-bond acceptors (Lipinski definition) is 4. The van der Waals surface area contributed by atoms with Crippen LogP contribution in [0.3, 0.4) is 0 Å². The maximum atomic E-state index is 12.6. The number of aromatic nitrogens is 3. The van der Waals surface area contributed by atoms with Gasteiger partial charge in [-0.15, -0.1) is 0 Å². The van der Waals surface area contributed by atoms with Gasteiger partial charge in [0.25, 0.3) is 5.91 Å². The van der Waals surface area contributed by atoms with E-state index in [0.29, 0.717) is 36.7 Å². The minimum absolute atomic E-state index is 0.0455. The molecule has 3 rings (SSSR count). The quantitative estimate of drug-likeness (QED) is 0.925. The fraction of sp³-hybridized carbons (Fsp3) is 0.412. The number of carbonyl (C=O) groups is 2. The van der Waals surface area contributed by atoms with E-state index in [1.807, 2.05) is 0 Å². The van der Waals surface area contributed by atoms with Crippen LogP contribution < -0.4 is 0 Å². The Hall–Kier alpha value is -2.70. The summed E-state index contributed by atoms with van der Waals surface area (Å²) in [7, 11) is 0. The van der Waals surface area contributed by atoms with Crippen LogP contribution >= 0.6 is 0 Å². The van der Waals surface area contributed by atoms with E-state index < -0.39 is 5.97 Å². The van der Waals surface area contributed by atoms with Gasteiger partial charge >= 0.3 is 5.97 Å². The van der Waals surface area contributed by atoms with Gasteiger partial charge in [-0.2, -0.15) is 5.10 Å². The number of fused-ring (bicyclic) bond motifs is 1. The molecule has 1 aliphatic rings. The lowest BCUT2D eigenvalue weighted by Gasteiger charge is -2.27. The first-order valence-electron chi connectivity index (χ1n) is 7.99. The van der Waals surface area contributed by atoms with E-state index in [1.165, 1.54) is 0 Å². The smallest absolute Gasteiger partial charge is 0.356 e. The average Bonchev–Trinajstić information content (AvgIpc) is 2.92. The molecule has 126 valence electrons. The molecule has 3 heterocycles. The molecule has 0 atom stereocenters. The first kappa shape index (κ1) is 16.2. The first-order chi connectivity index (χ1) is 11.5. The van der Waals surface area contributed by atoms with Crippen molar-refractivity contribution in [1.82, 2.24) is 19.7 Å². The van der Waals surface area contributed by atoms with Crippen molar-refractivity contribution in [2.75, 3.05) is 6.54 Å². The Morgan fingerprint density at radius 1 is 1.33 bits per heavy atom. The molecule has 0 saturated carbocycles. The normalized spacial score (nSPS) is 13.9. The number of pyridine rings is 1. The van der Waals surface area contributed by atoms with Crippen LogP contribution in [0.25, 0.3) is 0 Å². The van der Waals surface area contributed by atoms with Crippen LogP contribution in [-0.2, 0) is 19.5 Å². The maximum absolute atomic E-state index is 12.6. The average molecular weight is 328 g/mol. The summed E-state index contributed by atoms with van der Waals surface area (Å²) in [6.45, 7) is 5.59. The summed E-state index contributed by atoms with van der Waals surface area (Å²) in [5.74, 6) is -0.876. The van der Waals surface area contributed by atoms with Gasteiger partial charge in [0, 0.05) is 37.0 Å². The molecule has 1 N–H and O–H groups in total. The maximum Gasteiger partial charge on any atom is 0.356 e.